The number of halogens is 1. The van der Waals surface area contributed by atoms with Crippen molar-refractivity contribution in [2.75, 3.05) is 6.61 Å². The van der Waals surface area contributed by atoms with E-state index in [2.05, 4.69) is 0 Å². The molecule has 0 aliphatic heterocycles. The molecule has 4 nitrogen and oxygen atoms in total. The summed E-state index contributed by atoms with van der Waals surface area (Å²) in [6.45, 7) is -0.0999. The molecule has 1 rings (SSSR count). The molecule has 1 aromatic carbocycles. The highest BCUT2D eigenvalue weighted by Crippen LogP contribution is 2.07. The number of carboxylic acids is 1. The molecule has 0 radical (unpaired) electrons. The Morgan fingerprint density at radius 2 is 2.13 bits per heavy atom. The number of nitrogens with two attached hydrogens (primary N) is 1. The zero-order valence-corrected chi connectivity index (χ0v) is 8.91. The van der Waals surface area contributed by atoms with Crippen LogP contribution in [-0.4, -0.2) is 28.8 Å². The maximum Gasteiger partial charge on any atom is 0.335 e. The fourth-order valence-electron chi connectivity index (χ4n) is 1.20. The predicted octanol–water partition coefficient (Wildman–Crippen LogP) is 0.669. The van der Waals surface area contributed by atoms with E-state index in [4.69, 9.17) is 15.9 Å². The maximum absolute atomic E-state index is 10.6. The second kappa shape index (κ2) is 6.40. The third-order valence-corrected chi connectivity index (χ3v) is 1.91. The average molecular weight is 232 g/mol. The van der Waals surface area contributed by atoms with Crippen LogP contribution >= 0.6 is 12.4 Å². The lowest BCUT2D eigenvalue weighted by molar-refractivity contribution is 0.0696. The number of hydrogen-bond acceptors (Lipinski definition) is 3. The van der Waals surface area contributed by atoms with Crippen molar-refractivity contribution in [3.05, 3.63) is 35.4 Å². The average Bonchev–Trinajstić information content (AvgIpc) is 2.18. The first-order valence-electron chi connectivity index (χ1n) is 4.32. The molecule has 0 amide bonds. The third-order valence-electron chi connectivity index (χ3n) is 1.91. The minimum Gasteiger partial charge on any atom is -0.478 e. The van der Waals surface area contributed by atoms with Gasteiger partial charge in [-0.1, -0.05) is 12.1 Å². The van der Waals surface area contributed by atoms with Crippen LogP contribution in [0.4, 0.5) is 0 Å². The largest absolute Gasteiger partial charge is 0.478 e. The lowest BCUT2D eigenvalue weighted by Crippen LogP contribution is -2.26. The van der Waals surface area contributed by atoms with Crippen LogP contribution in [0.25, 0.3) is 0 Å². The van der Waals surface area contributed by atoms with Crippen LogP contribution in [0, 0.1) is 0 Å². The van der Waals surface area contributed by atoms with Gasteiger partial charge in [-0.3, -0.25) is 0 Å². The van der Waals surface area contributed by atoms with Gasteiger partial charge in [0.2, 0.25) is 0 Å². The van der Waals surface area contributed by atoms with Crippen molar-refractivity contribution in [3.63, 3.8) is 0 Å². The molecule has 5 heteroatoms. The van der Waals surface area contributed by atoms with Crippen molar-refractivity contribution >= 4 is 18.4 Å². The van der Waals surface area contributed by atoms with Crippen LogP contribution in [0.2, 0.25) is 0 Å². The molecule has 0 aromatic heterocycles. The number of carbonyl (C=O) groups is 1. The minimum atomic E-state index is -0.954. The predicted molar refractivity (Wildman–Crippen MR) is 59.4 cm³/mol. The van der Waals surface area contributed by atoms with Crippen molar-refractivity contribution in [2.24, 2.45) is 5.73 Å². The Balaban J connectivity index is 0.00000196. The summed E-state index contributed by atoms with van der Waals surface area (Å²) in [4.78, 5) is 10.6. The number of aliphatic hydroxyl groups excluding tert-OH is 1. The summed E-state index contributed by atoms with van der Waals surface area (Å²) in [5.74, 6) is -0.954. The molecular formula is C10H14ClNO3. The molecule has 0 fully saturated rings. The van der Waals surface area contributed by atoms with Gasteiger partial charge in [0.25, 0.3) is 0 Å². The topological polar surface area (TPSA) is 83.5 Å². The first kappa shape index (κ1) is 13.9. The summed E-state index contributed by atoms with van der Waals surface area (Å²) >= 11 is 0. The highest BCUT2D eigenvalue weighted by molar-refractivity contribution is 5.87. The van der Waals surface area contributed by atoms with Gasteiger partial charge < -0.3 is 15.9 Å². The molecule has 0 spiro atoms. The standard InChI is InChI=1S/C10H13NO3.ClH/c11-9(6-12)5-7-2-1-3-8(4-7)10(13)14;/h1-4,9,12H,5-6,11H2,(H,13,14);1H. The Morgan fingerprint density at radius 3 is 2.67 bits per heavy atom. The molecule has 0 saturated carbocycles. The zero-order chi connectivity index (χ0) is 10.6. The van der Waals surface area contributed by atoms with E-state index in [9.17, 15) is 4.79 Å². The van der Waals surface area contributed by atoms with E-state index in [0.29, 0.717) is 6.42 Å². The molecule has 15 heavy (non-hydrogen) atoms. The van der Waals surface area contributed by atoms with Crippen LogP contribution in [-0.2, 0) is 6.42 Å². The van der Waals surface area contributed by atoms with Crippen LogP contribution in [0.5, 0.6) is 0 Å². The highest BCUT2D eigenvalue weighted by Gasteiger charge is 2.06. The summed E-state index contributed by atoms with van der Waals surface area (Å²) in [5, 5.41) is 17.5. The second-order valence-electron chi connectivity index (χ2n) is 3.15. The van der Waals surface area contributed by atoms with Crippen LogP contribution < -0.4 is 5.73 Å². The third kappa shape index (κ3) is 4.29. The van der Waals surface area contributed by atoms with Crippen LogP contribution in [0.3, 0.4) is 0 Å². The van der Waals surface area contributed by atoms with E-state index in [0.717, 1.165) is 5.56 Å². The lowest BCUT2D eigenvalue weighted by Gasteiger charge is -2.07. The Morgan fingerprint density at radius 1 is 1.47 bits per heavy atom. The number of aliphatic hydroxyl groups is 1. The van der Waals surface area contributed by atoms with E-state index in [1.807, 2.05) is 0 Å². The summed E-state index contributed by atoms with van der Waals surface area (Å²) in [6.07, 6.45) is 0.484. The molecule has 1 atom stereocenters. The van der Waals surface area contributed by atoms with Crippen molar-refractivity contribution < 1.29 is 15.0 Å². The van der Waals surface area contributed by atoms with E-state index < -0.39 is 5.97 Å². The maximum atomic E-state index is 10.6. The molecule has 1 aromatic rings. The van der Waals surface area contributed by atoms with Crippen LogP contribution in [0.1, 0.15) is 15.9 Å². The van der Waals surface area contributed by atoms with E-state index in [1.165, 1.54) is 6.07 Å². The highest BCUT2D eigenvalue weighted by atomic mass is 35.5. The Hall–Kier alpha value is -1.10. The molecule has 84 valence electrons. The molecule has 4 N–H and O–H groups in total. The number of benzene rings is 1. The quantitative estimate of drug-likeness (QED) is 0.711. The number of aromatic carboxylic acids is 1. The Kier molecular flexibility index (Phi) is 5.93. The fraction of sp³-hybridized carbons (Fsp3) is 0.300. The molecule has 0 aliphatic carbocycles. The van der Waals surface area contributed by atoms with E-state index in [-0.39, 0.29) is 30.6 Å². The van der Waals surface area contributed by atoms with Gasteiger partial charge in [0.05, 0.1) is 12.2 Å². The number of carboxylic acid groups (broad SMARTS) is 1. The molecule has 0 heterocycles. The van der Waals surface area contributed by atoms with Gasteiger partial charge in [-0.25, -0.2) is 4.79 Å². The van der Waals surface area contributed by atoms with Gasteiger partial charge in [-0.05, 0) is 24.1 Å². The van der Waals surface area contributed by atoms with Gasteiger partial charge in [-0.2, -0.15) is 0 Å². The smallest absolute Gasteiger partial charge is 0.335 e. The lowest BCUT2D eigenvalue weighted by atomic mass is 10.0. The molecule has 0 saturated heterocycles. The second-order valence-corrected chi connectivity index (χ2v) is 3.15. The van der Waals surface area contributed by atoms with Crippen molar-refractivity contribution in [1.82, 2.24) is 0 Å². The van der Waals surface area contributed by atoms with Crippen LogP contribution in [0.15, 0.2) is 24.3 Å². The van der Waals surface area contributed by atoms with Gasteiger partial charge in [0.15, 0.2) is 0 Å². The molecule has 0 aliphatic rings. The monoisotopic (exact) mass is 231 g/mol. The summed E-state index contributed by atoms with van der Waals surface area (Å²) < 4.78 is 0. The molecular weight excluding hydrogens is 218 g/mol. The van der Waals surface area contributed by atoms with Crippen molar-refractivity contribution in [1.29, 1.82) is 0 Å². The van der Waals surface area contributed by atoms with E-state index in [1.54, 1.807) is 18.2 Å². The minimum absolute atomic E-state index is 0. The Labute approximate surface area is 94.1 Å². The SMILES string of the molecule is Cl.NC(CO)Cc1cccc(C(=O)O)c1. The molecule has 0 bridgehead atoms. The van der Waals surface area contributed by atoms with Gasteiger partial charge in [0, 0.05) is 6.04 Å². The van der Waals surface area contributed by atoms with Crippen molar-refractivity contribution in [2.45, 2.75) is 12.5 Å². The fourth-order valence-corrected chi connectivity index (χ4v) is 1.20. The van der Waals surface area contributed by atoms with Gasteiger partial charge in [0.1, 0.15) is 0 Å². The summed E-state index contributed by atoms with van der Waals surface area (Å²) in [7, 11) is 0. The summed E-state index contributed by atoms with van der Waals surface area (Å²) in [6, 6.07) is 6.22. The van der Waals surface area contributed by atoms with Gasteiger partial charge >= 0.3 is 5.97 Å². The number of hydrogen-bond donors (Lipinski definition) is 3. The number of rotatable bonds is 4. The first-order chi connectivity index (χ1) is 6.63. The van der Waals surface area contributed by atoms with Gasteiger partial charge in [-0.15, -0.1) is 12.4 Å². The summed E-state index contributed by atoms with van der Waals surface area (Å²) in [5.41, 5.74) is 6.60. The Bertz CT molecular complexity index is 330. The van der Waals surface area contributed by atoms with Crippen molar-refractivity contribution in [3.8, 4) is 0 Å². The normalized spacial score (nSPS) is 11.6. The zero-order valence-electron chi connectivity index (χ0n) is 8.09. The first-order valence-corrected chi connectivity index (χ1v) is 4.32. The molecule has 1 unspecified atom stereocenters. The van der Waals surface area contributed by atoms with E-state index >= 15 is 0 Å².